The van der Waals surface area contributed by atoms with Crippen LogP contribution in [-0.2, 0) is 19.4 Å². The molecule has 0 saturated heterocycles. The van der Waals surface area contributed by atoms with Gasteiger partial charge in [-0.2, -0.15) is 0 Å². The highest BCUT2D eigenvalue weighted by molar-refractivity contribution is 6.11. The second-order valence-corrected chi connectivity index (χ2v) is 9.30. The molecule has 1 aromatic carbocycles. The van der Waals surface area contributed by atoms with E-state index in [2.05, 4.69) is 10.3 Å². The number of hydrogen-bond donors (Lipinski definition) is 2. The Kier molecular flexibility index (Phi) is 4.43. The fourth-order valence-electron chi connectivity index (χ4n) is 5.20. The van der Waals surface area contributed by atoms with Crippen molar-refractivity contribution in [2.75, 3.05) is 5.32 Å². The summed E-state index contributed by atoms with van der Waals surface area (Å²) in [6.45, 7) is 4.02. The van der Waals surface area contributed by atoms with Crippen LogP contribution in [0, 0.1) is 5.92 Å². The Morgan fingerprint density at radius 2 is 2.07 bits per heavy atom. The van der Waals surface area contributed by atoms with Gasteiger partial charge in [-0.1, -0.05) is 12.1 Å². The van der Waals surface area contributed by atoms with Crippen molar-refractivity contribution < 1.29 is 14.7 Å². The number of anilines is 1. The average Bonchev–Trinajstić information content (AvgIpc) is 3.29. The molecule has 1 saturated carbocycles. The van der Waals surface area contributed by atoms with Crippen LogP contribution in [0.2, 0.25) is 0 Å². The molecule has 156 valence electrons. The molecule has 30 heavy (non-hydrogen) atoms. The van der Waals surface area contributed by atoms with E-state index >= 15 is 0 Å². The van der Waals surface area contributed by atoms with E-state index in [0.29, 0.717) is 29.3 Å². The number of aromatic nitrogens is 1. The number of carbonyl (C=O) groups excluding carboxylic acids is 2. The van der Waals surface area contributed by atoms with E-state index in [1.54, 1.807) is 37.1 Å². The van der Waals surface area contributed by atoms with Crippen LogP contribution in [0.25, 0.3) is 0 Å². The van der Waals surface area contributed by atoms with Crippen LogP contribution in [0.3, 0.4) is 0 Å². The molecular formula is C24H27N3O3. The van der Waals surface area contributed by atoms with Crippen LogP contribution in [0.1, 0.15) is 70.6 Å². The average molecular weight is 405 g/mol. The molecular weight excluding hydrogens is 378 g/mol. The number of carbonyl (C=O) groups is 2. The van der Waals surface area contributed by atoms with Crippen molar-refractivity contribution in [2.24, 2.45) is 5.92 Å². The first-order valence-corrected chi connectivity index (χ1v) is 10.8. The number of fused-ring (bicyclic) bond motifs is 2. The molecule has 2 aliphatic carbocycles. The highest BCUT2D eigenvalue weighted by Crippen LogP contribution is 2.43. The highest BCUT2D eigenvalue weighted by Gasteiger charge is 2.48. The van der Waals surface area contributed by atoms with E-state index in [4.69, 9.17) is 0 Å². The number of amides is 2. The SMILES string of the molecule is CC(C)(O)[C@@H](C1CC1)N1Cc2cccc(NC(=O)c3ccnc4c3CCC4)c2C1=O. The lowest BCUT2D eigenvalue weighted by Gasteiger charge is -2.37. The standard InChI is InChI=1S/C24H27N3O3/c1-24(2,30)21(14-9-10-14)27-13-15-5-3-8-19(20(15)23(27)29)26-22(28)17-11-12-25-18-7-4-6-16(17)18/h3,5,8,11-12,14,21,30H,4,6-7,9-10,13H2,1-2H3,(H,26,28)/t21-/m1/s1. The molecule has 2 heterocycles. The topological polar surface area (TPSA) is 82.5 Å². The molecule has 2 aromatic rings. The monoisotopic (exact) mass is 405 g/mol. The van der Waals surface area contributed by atoms with Crippen LogP contribution < -0.4 is 5.32 Å². The maximum absolute atomic E-state index is 13.4. The lowest BCUT2D eigenvalue weighted by Crippen LogP contribution is -2.51. The first-order chi connectivity index (χ1) is 14.3. The Labute approximate surface area is 176 Å². The maximum atomic E-state index is 13.4. The van der Waals surface area contributed by atoms with Gasteiger partial charge in [0.2, 0.25) is 0 Å². The summed E-state index contributed by atoms with van der Waals surface area (Å²) in [5.41, 5.74) is 3.68. The van der Waals surface area contributed by atoms with E-state index in [0.717, 1.165) is 48.9 Å². The van der Waals surface area contributed by atoms with Gasteiger partial charge in [-0.05, 0) is 75.1 Å². The lowest BCUT2D eigenvalue weighted by atomic mass is 9.93. The molecule has 0 bridgehead atoms. The number of hydrogen-bond acceptors (Lipinski definition) is 4. The van der Waals surface area contributed by atoms with Gasteiger partial charge in [0.15, 0.2) is 0 Å². The second kappa shape index (κ2) is 6.91. The Morgan fingerprint density at radius 1 is 1.27 bits per heavy atom. The number of aliphatic hydroxyl groups is 1. The van der Waals surface area contributed by atoms with Gasteiger partial charge in [-0.15, -0.1) is 0 Å². The summed E-state index contributed by atoms with van der Waals surface area (Å²) in [4.78, 5) is 32.6. The molecule has 5 rings (SSSR count). The molecule has 1 atom stereocenters. The molecule has 3 aliphatic rings. The third-order valence-corrected chi connectivity index (χ3v) is 6.57. The molecule has 1 aromatic heterocycles. The third-order valence-electron chi connectivity index (χ3n) is 6.57. The first kappa shape index (κ1) is 19.2. The van der Waals surface area contributed by atoms with Crippen LogP contribution in [0.15, 0.2) is 30.5 Å². The van der Waals surface area contributed by atoms with Gasteiger partial charge in [-0.25, -0.2) is 0 Å². The van der Waals surface area contributed by atoms with Crippen molar-refractivity contribution in [1.29, 1.82) is 0 Å². The molecule has 1 aliphatic heterocycles. The van der Waals surface area contributed by atoms with Crippen LogP contribution >= 0.6 is 0 Å². The molecule has 0 spiro atoms. The molecule has 6 nitrogen and oxygen atoms in total. The van der Waals surface area contributed by atoms with E-state index in [9.17, 15) is 14.7 Å². The van der Waals surface area contributed by atoms with Crippen molar-refractivity contribution in [3.05, 3.63) is 58.4 Å². The van der Waals surface area contributed by atoms with Gasteiger partial charge in [-0.3, -0.25) is 14.6 Å². The van der Waals surface area contributed by atoms with Crippen molar-refractivity contribution in [1.82, 2.24) is 9.88 Å². The van der Waals surface area contributed by atoms with Crippen molar-refractivity contribution in [3.8, 4) is 0 Å². The zero-order valence-electron chi connectivity index (χ0n) is 17.4. The molecule has 2 amide bonds. The highest BCUT2D eigenvalue weighted by atomic mass is 16.3. The summed E-state index contributed by atoms with van der Waals surface area (Å²) in [6.07, 6.45) is 6.53. The fraction of sp³-hybridized carbons (Fsp3) is 0.458. The summed E-state index contributed by atoms with van der Waals surface area (Å²) in [6, 6.07) is 7.13. The largest absolute Gasteiger partial charge is 0.388 e. The summed E-state index contributed by atoms with van der Waals surface area (Å²) < 4.78 is 0. The van der Waals surface area contributed by atoms with Gasteiger partial charge in [0.05, 0.1) is 22.9 Å². The van der Waals surface area contributed by atoms with Gasteiger partial charge < -0.3 is 15.3 Å². The minimum Gasteiger partial charge on any atom is -0.388 e. The summed E-state index contributed by atoms with van der Waals surface area (Å²) in [7, 11) is 0. The second-order valence-electron chi connectivity index (χ2n) is 9.30. The van der Waals surface area contributed by atoms with Gasteiger partial charge in [0.1, 0.15) is 0 Å². The zero-order valence-corrected chi connectivity index (χ0v) is 17.4. The molecule has 0 unspecified atom stereocenters. The minimum atomic E-state index is -0.972. The van der Waals surface area contributed by atoms with Gasteiger partial charge in [0, 0.05) is 24.0 Å². The first-order valence-electron chi connectivity index (χ1n) is 10.8. The summed E-state index contributed by atoms with van der Waals surface area (Å²) in [5.74, 6) is 0.0250. The Balaban J connectivity index is 1.44. The van der Waals surface area contributed by atoms with Crippen molar-refractivity contribution in [2.45, 2.75) is 64.1 Å². The number of nitrogens with one attached hydrogen (secondary N) is 1. The molecule has 2 N–H and O–H groups in total. The zero-order chi connectivity index (χ0) is 21.0. The number of nitrogens with zero attached hydrogens (tertiary/aromatic N) is 2. The molecule has 6 heteroatoms. The fourth-order valence-corrected chi connectivity index (χ4v) is 5.20. The Bertz CT molecular complexity index is 1040. The van der Waals surface area contributed by atoms with E-state index in [1.807, 2.05) is 12.1 Å². The van der Waals surface area contributed by atoms with Gasteiger partial charge in [0.25, 0.3) is 11.8 Å². The Morgan fingerprint density at radius 3 is 2.80 bits per heavy atom. The quantitative estimate of drug-likeness (QED) is 0.799. The van der Waals surface area contributed by atoms with Crippen LogP contribution in [-0.4, -0.2) is 38.4 Å². The third kappa shape index (κ3) is 3.19. The van der Waals surface area contributed by atoms with Crippen molar-refractivity contribution >= 4 is 17.5 Å². The number of rotatable bonds is 5. The number of benzene rings is 1. The maximum Gasteiger partial charge on any atom is 0.256 e. The molecule has 0 radical (unpaired) electrons. The van der Waals surface area contributed by atoms with E-state index in [1.165, 1.54) is 0 Å². The number of aryl methyl sites for hydroxylation is 1. The molecule has 1 fully saturated rings. The smallest absolute Gasteiger partial charge is 0.256 e. The summed E-state index contributed by atoms with van der Waals surface area (Å²) >= 11 is 0. The normalized spacial score (nSPS) is 18.9. The summed E-state index contributed by atoms with van der Waals surface area (Å²) in [5, 5.41) is 13.7. The van der Waals surface area contributed by atoms with E-state index < -0.39 is 5.60 Å². The van der Waals surface area contributed by atoms with Crippen molar-refractivity contribution in [3.63, 3.8) is 0 Å². The van der Waals surface area contributed by atoms with Crippen LogP contribution in [0.4, 0.5) is 5.69 Å². The number of pyridine rings is 1. The lowest BCUT2D eigenvalue weighted by molar-refractivity contribution is -0.0224. The van der Waals surface area contributed by atoms with Crippen LogP contribution in [0.5, 0.6) is 0 Å². The Hall–Kier alpha value is -2.73. The van der Waals surface area contributed by atoms with E-state index in [-0.39, 0.29) is 17.9 Å². The van der Waals surface area contributed by atoms with Gasteiger partial charge >= 0.3 is 0 Å². The predicted octanol–water partition coefficient (Wildman–Crippen LogP) is 3.33. The minimum absolute atomic E-state index is 0.111. The predicted molar refractivity (Wildman–Crippen MR) is 113 cm³/mol.